The highest BCUT2D eigenvalue weighted by Gasteiger charge is 2.49. The van der Waals surface area contributed by atoms with Crippen LogP contribution in [-0.4, -0.2) is 57.9 Å². The van der Waals surface area contributed by atoms with Crippen LogP contribution in [0.2, 0.25) is 65.0 Å². The third-order valence-corrected chi connectivity index (χ3v) is 15.1. The second kappa shape index (κ2) is 11.5. The standard InChI is InChI=1S/C20H44O7Si4/c1-20(2,3)24-19(22)15-14-18(21)23-16-13-17-31(25-28(4,5)6,26-29(7,8)9)27-30(10,11)12/h14-15H,13,16-17H2,1-12H3/b15-14+. The van der Waals surface area contributed by atoms with E-state index in [0.29, 0.717) is 12.5 Å². The molecule has 0 saturated heterocycles. The van der Waals surface area contributed by atoms with Crippen LogP contribution in [0.15, 0.2) is 12.2 Å². The third-order valence-electron chi connectivity index (χ3n) is 3.02. The average Bonchev–Trinajstić information content (AvgIpc) is 2.42. The van der Waals surface area contributed by atoms with Gasteiger partial charge in [-0.15, -0.1) is 0 Å². The molecule has 31 heavy (non-hydrogen) atoms. The zero-order chi connectivity index (χ0) is 24.7. The Kier molecular flexibility index (Phi) is 11.3. The van der Waals surface area contributed by atoms with Gasteiger partial charge in [-0.25, -0.2) is 9.59 Å². The van der Waals surface area contributed by atoms with Gasteiger partial charge in [0.25, 0.3) is 0 Å². The summed E-state index contributed by atoms with van der Waals surface area (Å²) in [6, 6.07) is 0.592. The largest absolute Gasteiger partial charge is 0.469 e. The van der Waals surface area contributed by atoms with Crippen molar-refractivity contribution in [3.05, 3.63) is 12.2 Å². The number of ether oxygens (including phenoxy) is 2. The smallest absolute Gasteiger partial charge is 0.463 e. The molecule has 0 bridgehead atoms. The Balaban J connectivity index is 5.10. The Morgan fingerprint density at radius 2 is 1.10 bits per heavy atom. The highest BCUT2D eigenvalue weighted by atomic mass is 28.5. The summed E-state index contributed by atoms with van der Waals surface area (Å²) < 4.78 is 30.2. The Labute approximate surface area is 193 Å². The summed E-state index contributed by atoms with van der Waals surface area (Å²) in [6.45, 7) is 24.7. The van der Waals surface area contributed by atoms with Gasteiger partial charge in [0.2, 0.25) is 0 Å². The Morgan fingerprint density at radius 3 is 1.45 bits per heavy atom. The van der Waals surface area contributed by atoms with E-state index in [4.69, 9.17) is 21.8 Å². The zero-order valence-electron chi connectivity index (χ0n) is 21.6. The first-order valence-corrected chi connectivity index (χ1v) is 23.0. The van der Waals surface area contributed by atoms with E-state index in [0.717, 1.165) is 12.2 Å². The minimum atomic E-state index is -2.94. The van der Waals surface area contributed by atoms with Crippen LogP contribution in [0.25, 0.3) is 0 Å². The quantitative estimate of drug-likeness (QED) is 0.153. The molecule has 0 rings (SSSR count). The molecule has 0 atom stereocenters. The van der Waals surface area contributed by atoms with E-state index in [1.807, 2.05) is 0 Å². The Hall–Kier alpha value is -0.572. The fourth-order valence-electron chi connectivity index (χ4n) is 2.60. The molecule has 0 amide bonds. The Morgan fingerprint density at radius 1 is 0.710 bits per heavy atom. The molecular weight excluding hydrogens is 465 g/mol. The van der Waals surface area contributed by atoms with E-state index in [2.05, 4.69) is 58.9 Å². The summed E-state index contributed by atoms with van der Waals surface area (Å²) in [5, 5.41) is 0. The normalized spacial score (nSPS) is 14.1. The maximum Gasteiger partial charge on any atom is 0.469 e. The predicted octanol–water partition coefficient (Wildman–Crippen LogP) is 5.31. The molecule has 0 heterocycles. The van der Waals surface area contributed by atoms with E-state index in [-0.39, 0.29) is 6.61 Å². The van der Waals surface area contributed by atoms with E-state index in [9.17, 15) is 9.59 Å². The number of hydrogen-bond donors (Lipinski definition) is 0. The van der Waals surface area contributed by atoms with Crippen molar-refractivity contribution in [2.75, 3.05) is 6.61 Å². The monoisotopic (exact) mass is 508 g/mol. The van der Waals surface area contributed by atoms with Crippen LogP contribution in [0, 0.1) is 0 Å². The van der Waals surface area contributed by atoms with Gasteiger partial charge in [-0.1, -0.05) is 0 Å². The van der Waals surface area contributed by atoms with Gasteiger partial charge in [0.15, 0.2) is 25.0 Å². The van der Waals surface area contributed by atoms with Crippen molar-refractivity contribution in [2.24, 2.45) is 0 Å². The van der Waals surface area contributed by atoms with Gasteiger partial charge < -0.3 is 21.8 Å². The van der Waals surface area contributed by atoms with Crippen molar-refractivity contribution in [1.82, 2.24) is 0 Å². The van der Waals surface area contributed by atoms with Gasteiger partial charge in [-0.05, 0) is 86.1 Å². The summed E-state index contributed by atoms with van der Waals surface area (Å²) >= 11 is 0. The summed E-state index contributed by atoms with van der Waals surface area (Å²) in [4.78, 5) is 23.6. The van der Waals surface area contributed by atoms with Crippen molar-refractivity contribution in [3.8, 4) is 0 Å². The highest BCUT2D eigenvalue weighted by Crippen LogP contribution is 2.29. The molecule has 0 aromatic carbocycles. The lowest BCUT2D eigenvalue weighted by atomic mass is 10.2. The van der Waals surface area contributed by atoms with Crippen LogP contribution in [0.3, 0.4) is 0 Å². The second-order valence-electron chi connectivity index (χ2n) is 11.5. The van der Waals surface area contributed by atoms with Gasteiger partial charge >= 0.3 is 20.7 Å². The van der Waals surface area contributed by atoms with Crippen LogP contribution in [0.4, 0.5) is 0 Å². The fourth-order valence-corrected chi connectivity index (χ4v) is 17.2. The van der Waals surface area contributed by atoms with Gasteiger partial charge in [-0.3, -0.25) is 0 Å². The number of rotatable bonds is 12. The van der Waals surface area contributed by atoms with Crippen molar-refractivity contribution in [2.45, 2.75) is 97.8 Å². The second-order valence-corrected chi connectivity index (χ2v) is 28.5. The molecule has 0 aliphatic heterocycles. The molecule has 182 valence electrons. The Bertz CT molecular complexity index is 583. The predicted molar refractivity (Wildman–Crippen MR) is 134 cm³/mol. The van der Waals surface area contributed by atoms with Crippen molar-refractivity contribution >= 4 is 45.7 Å². The first-order chi connectivity index (χ1) is 13.6. The maximum atomic E-state index is 11.9. The summed E-state index contributed by atoms with van der Waals surface area (Å²) in [6.07, 6.45) is 2.75. The van der Waals surface area contributed by atoms with Gasteiger partial charge in [0.1, 0.15) is 5.60 Å². The lowest BCUT2D eigenvalue weighted by molar-refractivity contribution is -0.149. The molecule has 0 unspecified atom stereocenters. The minimum absolute atomic E-state index is 0.200. The molecule has 11 heteroatoms. The first kappa shape index (κ1) is 30.4. The number of hydrogen-bond acceptors (Lipinski definition) is 7. The topological polar surface area (TPSA) is 80.3 Å². The van der Waals surface area contributed by atoms with E-state index in [1.165, 1.54) is 0 Å². The lowest BCUT2D eigenvalue weighted by Gasteiger charge is -2.42. The molecular formula is C20H44O7Si4. The number of carbonyl (C=O) groups excluding carboxylic acids is 2. The molecule has 0 spiro atoms. The van der Waals surface area contributed by atoms with Gasteiger partial charge in [-0.2, -0.15) is 0 Å². The fraction of sp³-hybridized carbons (Fsp3) is 0.800. The van der Waals surface area contributed by atoms with E-state index >= 15 is 0 Å². The molecule has 0 aliphatic rings. The number of esters is 2. The molecule has 0 N–H and O–H groups in total. The minimum Gasteiger partial charge on any atom is -0.463 e. The number of carbonyl (C=O) groups is 2. The molecule has 0 radical (unpaired) electrons. The molecule has 0 aliphatic carbocycles. The third kappa shape index (κ3) is 17.6. The van der Waals surface area contributed by atoms with Crippen molar-refractivity contribution < 1.29 is 31.4 Å². The van der Waals surface area contributed by atoms with Crippen LogP contribution < -0.4 is 0 Å². The van der Waals surface area contributed by atoms with Crippen LogP contribution in [0.1, 0.15) is 27.2 Å². The van der Waals surface area contributed by atoms with Gasteiger partial charge in [0, 0.05) is 18.2 Å². The van der Waals surface area contributed by atoms with E-state index in [1.54, 1.807) is 20.8 Å². The van der Waals surface area contributed by atoms with Crippen molar-refractivity contribution in [1.29, 1.82) is 0 Å². The SMILES string of the molecule is CC(C)(C)OC(=O)/C=C/C(=O)OCCC[Si](O[Si](C)(C)C)(O[Si](C)(C)C)O[Si](C)(C)C. The average molecular weight is 509 g/mol. The molecule has 0 aromatic rings. The summed E-state index contributed by atoms with van der Waals surface area (Å²) in [5.74, 6) is -1.16. The highest BCUT2D eigenvalue weighted by molar-refractivity contribution is 6.90. The first-order valence-electron chi connectivity index (χ1n) is 10.8. The van der Waals surface area contributed by atoms with Crippen LogP contribution in [-0.2, 0) is 31.4 Å². The van der Waals surface area contributed by atoms with Crippen LogP contribution in [0.5, 0.6) is 0 Å². The van der Waals surface area contributed by atoms with Gasteiger partial charge in [0.05, 0.1) is 6.61 Å². The summed E-state index contributed by atoms with van der Waals surface area (Å²) in [5.41, 5.74) is -0.609. The van der Waals surface area contributed by atoms with Crippen molar-refractivity contribution in [3.63, 3.8) is 0 Å². The zero-order valence-corrected chi connectivity index (χ0v) is 25.6. The lowest BCUT2D eigenvalue weighted by Crippen LogP contribution is -2.60. The molecule has 7 nitrogen and oxygen atoms in total. The summed E-state index contributed by atoms with van der Waals surface area (Å²) in [7, 11) is -8.74. The molecule has 0 fully saturated rings. The maximum absolute atomic E-state index is 11.9. The molecule has 0 aromatic heterocycles. The molecule has 0 saturated carbocycles. The van der Waals surface area contributed by atoms with Crippen LogP contribution >= 0.6 is 0 Å². The van der Waals surface area contributed by atoms with E-state index < -0.39 is 51.3 Å².